The minimum atomic E-state index is -0.00106. The molecule has 76 valence electrons. The normalized spacial score (nSPS) is 15.8. The first-order chi connectivity index (χ1) is 7.27. The van der Waals surface area contributed by atoms with Crippen LogP contribution in [0.25, 0.3) is 11.0 Å². The zero-order chi connectivity index (χ0) is 10.4. The number of fused-ring (bicyclic) bond motifs is 1. The molecule has 7 heteroatoms. The number of carbonyl (C=O) groups is 1. The summed E-state index contributed by atoms with van der Waals surface area (Å²) >= 11 is 0. The third kappa shape index (κ3) is 1.03. The molecule has 0 spiro atoms. The highest BCUT2D eigenvalue weighted by atomic mass is 16.2. The molecule has 1 fully saturated rings. The van der Waals surface area contributed by atoms with Gasteiger partial charge in [0.05, 0.1) is 18.1 Å². The smallest absolute Gasteiger partial charge is 0.258 e. The lowest BCUT2D eigenvalue weighted by molar-refractivity contribution is -0.122. The van der Waals surface area contributed by atoms with Crippen molar-refractivity contribution in [3.8, 4) is 0 Å². The number of rotatable bonds is 1. The maximum Gasteiger partial charge on any atom is 0.258 e. The summed E-state index contributed by atoms with van der Waals surface area (Å²) in [6.07, 6.45) is 3.07. The topological polar surface area (TPSA) is 75.9 Å². The van der Waals surface area contributed by atoms with Crippen LogP contribution in [0.3, 0.4) is 0 Å². The Kier molecular flexibility index (Phi) is 1.51. The Labute approximate surface area is 84.7 Å². The number of aromatic nitrogens is 4. The second-order valence-corrected chi connectivity index (χ2v) is 3.27. The summed E-state index contributed by atoms with van der Waals surface area (Å²) in [5, 5.41) is 6.24. The van der Waals surface area contributed by atoms with Crippen LogP contribution >= 0.6 is 0 Å². The van der Waals surface area contributed by atoms with Crippen LogP contribution < -0.4 is 10.4 Å². The van der Waals surface area contributed by atoms with E-state index in [0.29, 0.717) is 18.0 Å². The van der Waals surface area contributed by atoms with Gasteiger partial charge in [0.1, 0.15) is 6.33 Å². The summed E-state index contributed by atoms with van der Waals surface area (Å²) in [5.41, 5.74) is 3.58. The van der Waals surface area contributed by atoms with Crippen LogP contribution in [0, 0.1) is 0 Å². The quantitative estimate of drug-likeness (QED) is 0.659. The van der Waals surface area contributed by atoms with Gasteiger partial charge in [0.2, 0.25) is 0 Å². The largest absolute Gasteiger partial charge is 0.271 e. The molecule has 0 atom stereocenters. The van der Waals surface area contributed by atoms with Crippen LogP contribution in [0.15, 0.2) is 12.5 Å². The number of nitrogens with zero attached hydrogens (tertiary/aromatic N) is 5. The predicted molar refractivity (Wildman–Crippen MR) is 51.8 cm³/mol. The monoisotopic (exact) mass is 204 g/mol. The zero-order valence-corrected chi connectivity index (χ0v) is 8.01. The molecule has 0 aliphatic carbocycles. The average molecular weight is 204 g/mol. The first kappa shape index (κ1) is 8.30. The molecule has 1 amide bonds. The van der Waals surface area contributed by atoms with Crippen LogP contribution in [0.4, 0.5) is 5.82 Å². The van der Waals surface area contributed by atoms with Gasteiger partial charge in [-0.15, -0.1) is 0 Å². The molecule has 2 aromatic rings. The molecule has 15 heavy (non-hydrogen) atoms. The number of hydrazine groups is 1. The molecule has 3 rings (SSSR count). The third-order valence-corrected chi connectivity index (χ3v) is 2.36. The Morgan fingerprint density at radius 3 is 3.00 bits per heavy atom. The molecule has 0 bridgehead atoms. The van der Waals surface area contributed by atoms with Gasteiger partial charge in [-0.25, -0.2) is 20.4 Å². The SMILES string of the molecule is Cn1ncc2c(N3NCC3=O)ncnc21. The van der Waals surface area contributed by atoms with E-state index >= 15 is 0 Å². The first-order valence-corrected chi connectivity index (χ1v) is 4.46. The third-order valence-electron chi connectivity index (χ3n) is 2.36. The average Bonchev–Trinajstić information content (AvgIpc) is 2.60. The summed E-state index contributed by atoms with van der Waals surface area (Å²) in [6.45, 7) is 0.353. The van der Waals surface area contributed by atoms with E-state index in [-0.39, 0.29) is 5.91 Å². The van der Waals surface area contributed by atoms with E-state index in [1.807, 2.05) is 0 Å². The van der Waals surface area contributed by atoms with Crippen molar-refractivity contribution in [3.05, 3.63) is 12.5 Å². The van der Waals surface area contributed by atoms with Crippen LogP contribution in [0.2, 0.25) is 0 Å². The molecule has 1 aliphatic rings. The van der Waals surface area contributed by atoms with Gasteiger partial charge >= 0.3 is 0 Å². The number of amides is 1. The summed E-state index contributed by atoms with van der Waals surface area (Å²) in [5.74, 6) is 0.559. The highest BCUT2D eigenvalue weighted by Crippen LogP contribution is 2.22. The van der Waals surface area contributed by atoms with Crippen LogP contribution in [0.1, 0.15) is 0 Å². The Bertz CT molecular complexity index is 547. The van der Waals surface area contributed by atoms with Gasteiger partial charge in [-0.2, -0.15) is 5.10 Å². The number of anilines is 1. The summed E-state index contributed by atoms with van der Waals surface area (Å²) in [4.78, 5) is 19.4. The van der Waals surface area contributed by atoms with Crippen molar-refractivity contribution in [1.29, 1.82) is 0 Å². The number of hydrogen-bond acceptors (Lipinski definition) is 5. The van der Waals surface area contributed by atoms with Crippen LogP contribution in [-0.2, 0) is 11.8 Å². The molecular weight excluding hydrogens is 196 g/mol. The Morgan fingerprint density at radius 1 is 1.47 bits per heavy atom. The molecule has 7 nitrogen and oxygen atoms in total. The second kappa shape index (κ2) is 2.74. The number of aryl methyl sites for hydroxylation is 1. The molecule has 0 radical (unpaired) electrons. The van der Waals surface area contributed by atoms with Gasteiger partial charge < -0.3 is 0 Å². The van der Waals surface area contributed by atoms with Gasteiger partial charge in [-0.3, -0.25) is 9.48 Å². The molecule has 1 saturated heterocycles. The standard InChI is InChI=1S/C8H8N6O/c1-13-7-5(2-11-13)8(10-4-9-7)14-6(15)3-12-14/h2,4,12H,3H2,1H3. The van der Waals surface area contributed by atoms with E-state index in [4.69, 9.17) is 0 Å². The summed E-state index contributed by atoms with van der Waals surface area (Å²) in [6, 6.07) is 0. The van der Waals surface area contributed by atoms with Crippen molar-refractivity contribution in [2.24, 2.45) is 7.05 Å². The molecular formula is C8H8N6O. The van der Waals surface area contributed by atoms with Gasteiger partial charge in [0, 0.05) is 7.05 Å². The van der Waals surface area contributed by atoms with E-state index in [9.17, 15) is 4.79 Å². The number of nitrogens with one attached hydrogen (secondary N) is 1. The van der Waals surface area contributed by atoms with E-state index < -0.39 is 0 Å². The van der Waals surface area contributed by atoms with Crippen molar-refractivity contribution >= 4 is 22.8 Å². The second-order valence-electron chi connectivity index (χ2n) is 3.27. The lowest BCUT2D eigenvalue weighted by atomic mass is 10.3. The minimum absolute atomic E-state index is 0.00106. The van der Waals surface area contributed by atoms with Gasteiger partial charge in [0.25, 0.3) is 5.91 Å². The maximum atomic E-state index is 11.3. The van der Waals surface area contributed by atoms with Crippen molar-refractivity contribution in [2.75, 3.05) is 11.6 Å². The van der Waals surface area contributed by atoms with Crippen molar-refractivity contribution in [2.45, 2.75) is 0 Å². The fourth-order valence-electron chi connectivity index (χ4n) is 1.54. The highest BCUT2D eigenvalue weighted by molar-refractivity contribution is 6.04. The Hall–Kier alpha value is -2.02. The van der Waals surface area contributed by atoms with Crippen molar-refractivity contribution in [3.63, 3.8) is 0 Å². The lowest BCUT2D eigenvalue weighted by Crippen LogP contribution is -2.59. The van der Waals surface area contributed by atoms with Crippen LogP contribution in [0.5, 0.6) is 0 Å². The molecule has 3 heterocycles. The number of carbonyl (C=O) groups excluding carboxylic acids is 1. The fourth-order valence-corrected chi connectivity index (χ4v) is 1.54. The summed E-state index contributed by atoms with van der Waals surface area (Å²) < 4.78 is 1.64. The van der Waals surface area contributed by atoms with Gasteiger partial charge in [-0.1, -0.05) is 0 Å². The van der Waals surface area contributed by atoms with Crippen molar-refractivity contribution in [1.82, 2.24) is 25.2 Å². The first-order valence-electron chi connectivity index (χ1n) is 4.46. The fraction of sp³-hybridized carbons (Fsp3) is 0.250. The van der Waals surface area contributed by atoms with E-state index in [2.05, 4.69) is 20.5 Å². The molecule has 1 N–H and O–H groups in total. The van der Waals surface area contributed by atoms with Crippen molar-refractivity contribution < 1.29 is 4.79 Å². The van der Waals surface area contributed by atoms with Gasteiger partial charge in [-0.05, 0) is 0 Å². The lowest BCUT2D eigenvalue weighted by Gasteiger charge is -2.30. The Morgan fingerprint density at radius 2 is 2.33 bits per heavy atom. The Balaban J connectivity index is 2.22. The van der Waals surface area contributed by atoms with Crippen LogP contribution in [-0.4, -0.2) is 32.2 Å². The maximum absolute atomic E-state index is 11.3. The molecule has 2 aromatic heterocycles. The number of hydrogen-bond donors (Lipinski definition) is 1. The molecule has 0 saturated carbocycles. The van der Waals surface area contributed by atoms with Gasteiger partial charge in [0.15, 0.2) is 11.5 Å². The molecule has 1 aliphatic heterocycles. The minimum Gasteiger partial charge on any atom is -0.271 e. The van der Waals surface area contributed by atoms with E-state index in [0.717, 1.165) is 5.39 Å². The van der Waals surface area contributed by atoms with E-state index in [1.54, 1.807) is 17.9 Å². The summed E-state index contributed by atoms with van der Waals surface area (Å²) in [7, 11) is 1.80. The van der Waals surface area contributed by atoms with E-state index in [1.165, 1.54) is 11.3 Å². The molecule has 0 unspecified atom stereocenters. The highest BCUT2D eigenvalue weighted by Gasteiger charge is 2.28. The molecule has 0 aromatic carbocycles. The predicted octanol–water partition coefficient (Wildman–Crippen LogP) is -0.786. The zero-order valence-electron chi connectivity index (χ0n) is 8.01.